The fourth-order valence-electron chi connectivity index (χ4n) is 8.00. The summed E-state index contributed by atoms with van der Waals surface area (Å²) in [6.45, 7) is 5.99. The van der Waals surface area contributed by atoms with E-state index in [4.69, 9.17) is 0 Å². The number of nitrogens with one attached hydrogen (secondary N) is 1. The number of amides is 1. The van der Waals surface area contributed by atoms with Gasteiger partial charge in [-0.15, -0.1) is 6.58 Å². The van der Waals surface area contributed by atoms with Crippen LogP contribution in [0.15, 0.2) is 116 Å². The van der Waals surface area contributed by atoms with Crippen molar-refractivity contribution in [1.29, 1.82) is 0 Å². The number of carbonyl (C=O) groups is 1. The van der Waals surface area contributed by atoms with Crippen LogP contribution in [0.1, 0.15) is 34.8 Å². The van der Waals surface area contributed by atoms with Crippen molar-refractivity contribution >= 4 is 38.4 Å². The highest BCUT2D eigenvalue weighted by Crippen LogP contribution is 2.47. The molecule has 0 aliphatic carbocycles. The minimum Gasteiger partial charge on any atom is -0.507 e. The molecule has 5 aromatic carbocycles. The predicted octanol–water partition coefficient (Wildman–Crippen LogP) is 7.99. The summed E-state index contributed by atoms with van der Waals surface area (Å²) < 4.78 is 0. The highest BCUT2D eigenvalue weighted by atomic mass is 16.3. The van der Waals surface area contributed by atoms with E-state index in [-0.39, 0.29) is 35.1 Å². The largest absolute Gasteiger partial charge is 0.507 e. The molecule has 1 aromatic heterocycles. The summed E-state index contributed by atoms with van der Waals surface area (Å²) in [5.74, 6) is 0.475. The van der Waals surface area contributed by atoms with E-state index < -0.39 is 0 Å². The molecule has 2 bridgehead atoms. The highest BCUT2D eigenvalue weighted by Gasteiger charge is 2.43. The molecule has 3 fully saturated rings. The van der Waals surface area contributed by atoms with Crippen molar-refractivity contribution < 1.29 is 15.0 Å². The Bertz CT molecular complexity index is 2150. The van der Waals surface area contributed by atoms with Crippen LogP contribution in [0.2, 0.25) is 0 Å². The number of aromatic hydroxyl groups is 2. The van der Waals surface area contributed by atoms with Gasteiger partial charge in [-0.05, 0) is 82.6 Å². The first-order chi connectivity index (χ1) is 22.5. The Morgan fingerprint density at radius 1 is 0.891 bits per heavy atom. The third-order valence-electron chi connectivity index (χ3n) is 10.3. The minimum absolute atomic E-state index is 0.0423. The fourth-order valence-corrected chi connectivity index (χ4v) is 8.00. The molecule has 0 radical (unpaired) electrons. The zero-order valence-corrected chi connectivity index (χ0v) is 25.4. The SMILES string of the molecule is C=CC1CN2CCC1C[C@@H]2[C@H](NC(=O)c1cc2ccccc2c(-c2c(O)ccc3ccccc23)c1O)c1ccnc2ccccc12. The molecule has 3 unspecified atom stereocenters. The zero-order chi connectivity index (χ0) is 31.4. The van der Waals surface area contributed by atoms with Crippen molar-refractivity contribution in [3.63, 3.8) is 0 Å². The summed E-state index contributed by atoms with van der Waals surface area (Å²) in [7, 11) is 0. The van der Waals surface area contributed by atoms with E-state index in [2.05, 4.69) is 33.9 Å². The van der Waals surface area contributed by atoms with Gasteiger partial charge in [-0.25, -0.2) is 0 Å². The number of piperidine rings is 3. The van der Waals surface area contributed by atoms with Gasteiger partial charge in [-0.2, -0.15) is 0 Å². The molecule has 3 aliphatic rings. The van der Waals surface area contributed by atoms with E-state index in [0.29, 0.717) is 23.0 Å². The lowest BCUT2D eigenvalue weighted by molar-refractivity contribution is 0.00169. The van der Waals surface area contributed by atoms with Crippen molar-refractivity contribution in [2.24, 2.45) is 11.8 Å². The van der Waals surface area contributed by atoms with Gasteiger partial charge < -0.3 is 15.5 Å². The average molecular weight is 606 g/mol. The number of fused-ring (bicyclic) bond motifs is 6. The van der Waals surface area contributed by atoms with Crippen molar-refractivity contribution in [2.75, 3.05) is 13.1 Å². The minimum atomic E-state index is -0.363. The average Bonchev–Trinajstić information content (AvgIpc) is 3.10. The van der Waals surface area contributed by atoms with Gasteiger partial charge in [-0.3, -0.25) is 14.7 Å². The number of aromatic nitrogens is 1. The molecule has 6 aromatic rings. The molecule has 0 saturated carbocycles. The van der Waals surface area contributed by atoms with Crippen molar-refractivity contribution in [2.45, 2.75) is 24.9 Å². The Balaban J connectivity index is 1.28. The molecule has 3 saturated heterocycles. The van der Waals surface area contributed by atoms with Crippen LogP contribution in [0.3, 0.4) is 0 Å². The maximum Gasteiger partial charge on any atom is 0.255 e. The number of nitrogens with zero attached hydrogens (tertiary/aromatic N) is 2. The molecule has 228 valence electrons. The van der Waals surface area contributed by atoms with Crippen molar-refractivity contribution in [3.8, 4) is 22.6 Å². The van der Waals surface area contributed by atoms with Gasteiger partial charge in [0.05, 0.1) is 17.1 Å². The summed E-state index contributed by atoms with van der Waals surface area (Å²) in [5, 5.41) is 30.9. The second-order valence-corrected chi connectivity index (χ2v) is 12.7. The maximum absolute atomic E-state index is 14.5. The molecule has 3 aliphatic heterocycles. The first-order valence-electron chi connectivity index (χ1n) is 16.0. The molecule has 3 N–H and O–H groups in total. The van der Waals surface area contributed by atoms with Crippen LogP contribution < -0.4 is 5.32 Å². The molecule has 6 nitrogen and oxygen atoms in total. The van der Waals surface area contributed by atoms with Crippen LogP contribution in [0.4, 0.5) is 0 Å². The van der Waals surface area contributed by atoms with E-state index in [1.54, 1.807) is 12.1 Å². The van der Waals surface area contributed by atoms with Gasteiger partial charge >= 0.3 is 0 Å². The third-order valence-corrected chi connectivity index (χ3v) is 10.3. The topological polar surface area (TPSA) is 85.7 Å². The fraction of sp³-hybridized carbons (Fsp3) is 0.200. The molecule has 5 atom stereocenters. The summed E-state index contributed by atoms with van der Waals surface area (Å²) in [6.07, 6.45) is 5.96. The molecule has 1 amide bonds. The summed E-state index contributed by atoms with van der Waals surface area (Å²) in [5.41, 5.74) is 3.01. The van der Waals surface area contributed by atoms with Crippen LogP contribution in [0, 0.1) is 11.8 Å². The summed E-state index contributed by atoms with van der Waals surface area (Å²) in [6, 6.07) is 30.5. The second kappa shape index (κ2) is 11.3. The van der Waals surface area contributed by atoms with E-state index >= 15 is 0 Å². The number of phenols is 2. The van der Waals surface area contributed by atoms with E-state index in [1.807, 2.05) is 85.1 Å². The lowest BCUT2D eigenvalue weighted by Gasteiger charge is -2.51. The number of para-hydroxylation sites is 1. The van der Waals surface area contributed by atoms with E-state index in [1.165, 1.54) is 0 Å². The monoisotopic (exact) mass is 605 g/mol. The van der Waals surface area contributed by atoms with E-state index in [9.17, 15) is 15.0 Å². The van der Waals surface area contributed by atoms with Crippen LogP contribution in [0.25, 0.3) is 43.6 Å². The zero-order valence-electron chi connectivity index (χ0n) is 25.4. The van der Waals surface area contributed by atoms with E-state index in [0.717, 1.165) is 63.9 Å². The Kier molecular flexibility index (Phi) is 6.95. The van der Waals surface area contributed by atoms with Crippen LogP contribution in [-0.4, -0.2) is 45.1 Å². The van der Waals surface area contributed by atoms with Crippen LogP contribution in [-0.2, 0) is 0 Å². The maximum atomic E-state index is 14.5. The number of rotatable bonds is 6. The van der Waals surface area contributed by atoms with Crippen molar-refractivity contribution in [3.05, 3.63) is 127 Å². The number of hydrogen-bond acceptors (Lipinski definition) is 5. The molecule has 6 heteroatoms. The first kappa shape index (κ1) is 28.3. The van der Waals surface area contributed by atoms with Gasteiger partial charge in [0.15, 0.2) is 0 Å². The highest BCUT2D eigenvalue weighted by molar-refractivity contribution is 6.14. The number of carbonyl (C=O) groups excluding carboxylic acids is 1. The first-order valence-corrected chi connectivity index (χ1v) is 16.0. The Hall–Kier alpha value is -5.20. The smallest absolute Gasteiger partial charge is 0.255 e. The Morgan fingerprint density at radius 2 is 1.61 bits per heavy atom. The van der Waals surface area contributed by atoms with Gasteiger partial charge in [0.1, 0.15) is 11.5 Å². The Morgan fingerprint density at radius 3 is 2.37 bits per heavy atom. The number of pyridine rings is 1. The molecule has 4 heterocycles. The van der Waals surface area contributed by atoms with Gasteiger partial charge in [0.2, 0.25) is 0 Å². The third kappa shape index (κ3) is 4.60. The van der Waals surface area contributed by atoms with Gasteiger partial charge in [-0.1, -0.05) is 78.9 Å². The molecule has 0 spiro atoms. The molecular formula is C40H35N3O3. The molecule has 9 rings (SSSR count). The van der Waals surface area contributed by atoms with Crippen molar-refractivity contribution in [1.82, 2.24) is 15.2 Å². The standard InChI is InChI=1S/C40H35N3O3/c1-2-24-23-43-20-18-26(24)22-34(43)38(31-17-19-41-33-14-8-7-13-30(31)33)42-40(46)32-21-27-10-4-6-12-29(27)37(39(32)45)36-28-11-5-3-9-25(28)15-16-35(36)44/h2-17,19,21,24,26,34,38,44-45H,1,18,20,22-23H2,(H,42,46)/t24?,26?,34-,38-/m1/s1. The number of phenolic OH excluding ortho intramolecular Hbond substituents is 2. The van der Waals surface area contributed by atoms with Gasteiger partial charge in [0, 0.05) is 35.3 Å². The normalized spacial score (nSPS) is 21.4. The number of benzene rings is 5. The predicted molar refractivity (Wildman–Crippen MR) is 184 cm³/mol. The molecule has 46 heavy (non-hydrogen) atoms. The lowest BCUT2D eigenvalue weighted by atomic mass is 9.73. The quantitative estimate of drug-likeness (QED) is 0.168. The summed E-state index contributed by atoms with van der Waals surface area (Å²) >= 11 is 0. The Labute approximate surface area is 267 Å². The van der Waals surface area contributed by atoms with Crippen LogP contribution >= 0.6 is 0 Å². The van der Waals surface area contributed by atoms with Gasteiger partial charge in [0.25, 0.3) is 5.91 Å². The summed E-state index contributed by atoms with van der Waals surface area (Å²) in [4.78, 5) is 21.6. The molecular weight excluding hydrogens is 570 g/mol. The second-order valence-electron chi connectivity index (χ2n) is 12.7. The van der Waals surface area contributed by atoms with Crippen LogP contribution in [0.5, 0.6) is 11.5 Å². The number of hydrogen-bond donors (Lipinski definition) is 3. The lowest BCUT2D eigenvalue weighted by Crippen LogP contribution is -2.57.